The Kier molecular flexibility index (Phi) is 8.64. The molecule has 0 heterocycles. The van der Waals surface area contributed by atoms with Gasteiger partial charge in [0.25, 0.3) is 0 Å². The van der Waals surface area contributed by atoms with Crippen LogP contribution in [0.5, 0.6) is 0 Å². The van der Waals surface area contributed by atoms with Crippen molar-refractivity contribution in [1.82, 2.24) is 0 Å². The first kappa shape index (κ1) is 19.3. The van der Waals surface area contributed by atoms with Gasteiger partial charge in [-0.2, -0.15) is 0 Å². The van der Waals surface area contributed by atoms with Gasteiger partial charge in [0, 0.05) is 34.5 Å². The van der Waals surface area contributed by atoms with Crippen molar-refractivity contribution in [3.63, 3.8) is 0 Å². The Morgan fingerprint density at radius 3 is 2.24 bits per heavy atom. The van der Waals surface area contributed by atoms with Gasteiger partial charge in [0.15, 0.2) is 0 Å². The van der Waals surface area contributed by atoms with Gasteiger partial charge in [0.1, 0.15) is 0 Å². The molecule has 0 aliphatic rings. The summed E-state index contributed by atoms with van der Waals surface area (Å²) in [4.78, 5) is 11.9. The zero-order chi connectivity index (χ0) is 15.9. The summed E-state index contributed by atoms with van der Waals surface area (Å²) in [6.45, 7) is 0.312. The van der Waals surface area contributed by atoms with E-state index in [1.807, 2.05) is 12.1 Å². The maximum Gasteiger partial charge on any atom is 0.500 e. The highest BCUT2D eigenvalue weighted by Gasteiger charge is 2.37. The second-order valence-corrected chi connectivity index (χ2v) is 9.58. The molecule has 0 fully saturated rings. The fourth-order valence-electron chi connectivity index (χ4n) is 1.72. The molecule has 0 bridgehead atoms. The van der Waals surface area contributed by atoms with E-state index in [4.69, 9.17) is 18.0 Å². The van der Waals surface area contributed by atoms with Crippen LogP contribution in [0.3, 0.4) is 0 Å². The van der Waals surface area contributed by atoms with Gasteiger partial charge in [-0.1, -0.05) is 0 Å². The van der Waals surface area contributed by atoms with E-state index in [0.717, 1.165) is 7.14 Å². The van der Waals surface area contributed by atoms with E-state index in [9.17, 15) is 4.79 Å². The Morgan fingerprint density at radius 1 is 1.10 bits per heavy atom. The van der Waals surface area contributed by atoms with Crippen LogP contribution in [0.4, 0.5) is 0 Å². The van der Waals surface area contributed by atoms with E-state index in [2.05, 4.69) is 45.2 Å². The minimum Gasteiger partial charge on any atom is -0.462 e. The molecule has 0 saturated carbocycles. The Morgan fingerprint density at radius 2 is 1.71 bits per heavy atom. The number of benzene rings is 1. The van der Waals surface area contributed by atoms with Gasteiger partial charge in [-0.05, 0) is 69.8 Å². The third-order valence-electron chi connectivity index (χ3n) is 2.95. The van der Waals surface area contributed by atoms with Gasteiger partial charge in [-0.25, -0.2) is 4.79 Å². The molecular formula is C13H18I2O5Si. The van der Waals surface area contributed by atoms with Crippen LogP contribution in [0, 0.1) is 7.14 Å². The summed E-state index contributed by atoms with van der Waals surface area (Å²) in [5, 5.41) is 0. The van der Waals surface area contributed by atoms with Gasteiger partial charge in [0.05, 0.1) is 12.2 Å². The third-order valence-corrected chi connectivity index (χ3v) is 8.65. The van der Waals surface area contributed by atoms with Crippen LogP contribution in [0.1, 0.15) is 16.8 Å². The number of hydrogen-bond donors (Lipinski definition) is 0. The summed E-state index contributed by atoms with van der Waals surface area (Å²) in [6, 6.07) is 6.10. The number of rotatable bonds is 8. The molecule has 0 atom stereocenters. The van der Waals surface area contributed by atoms with E-state index in [1.54, 1.807) is 27.4 Å². The van der Waals surface area contributed by atoms with Crippen LogP contribution in [-0.2, 0) is 18.0 Å². The van der Waals surface area contributed by atoms with Crippen molar-refractivity contribution in [3.8, 4) is 0 Å². The smallest absolute Gasteiger partial charge is 0.462 e. The van der Waals surface area contributed by atoms with E-state index in [0.29, 0.717) is 24.6 Å². The summed E-state index contributed by atoms with van der Waals surface area (Å²) in [6.07, 6.45) is 0.634. The minimum atomic E-state index is -2.58. The number of carbonyl (C=O) groups is 1. The lowest BCUT2D eigenvalue weighted by molar-refractivity contribution is 0.0493. The highest BCUT2D eigenvalue weighted by Crippen LogP contribution is 2.18. The molecule has 0 amide bonds. The highest BCUT2D eigenvalue weighted by atomic mass is 127. The molecule has 0 N–H and O–H groups in total. The lowest BCUT2D eigenvalue weighted by Gasteiger charge is -2.24. The molecule has 1 aromatic rings. The van der Waals surface area contributed by atoms with Crippen molar-refractivity contribution in [3.05, 3.63) is 30.9 Å². The normalized spacial score (nSPS) is 11.5. The maximum atomic E-state index is 11.9. The Labute approximate surface area is 153 Å². The lowest BCUT2D eigenvalue weighted by Crippen LogP contribution is -2.42. The Bertz CT molecular complexity index is 471. The molecule has 0 aliphatic heterocycles. The number of ether oxygens (including phenoxy) is 1. The number of halogens is 2. The molecule has 1 aromatic carbocycles. The fraction of sp³-hybridized carbons (Fsp3) is 0.462. The quantitative estimate of drug-likeness (QED) is 0.221. The molecule has 1 rings (SSSR count). The molecule has 0 radical (unpaired) electrons. The van der Waals surface area contributed by atoms with Crippen LogP contribution < -0.4 is 0 Å². The summed E-state index contributed by atoms with van der Waals surface area (Å²) in [5.41, 5.74) is 0.563. The monoisotopic (exact) mass is 536 g/mol. The van der Waals surface area contributed by atoms with Crippen LogP contribution in [0.2, 0.25) is 6.04 Å². The topological polar surface area (TPSA) is 54.0 Å². The van der Waals surface area contributed by atoms with Crippen molar-refractivity contribution in [2.75, 3.05) is 27.9 Å². The summed E-state index contributed by atoms with van der Waals surface area (Å²) < 4.78 is 23.3. The van der Waals surface area contributed by atoms with E-state index in [1.165, 1.54) is 0 Å². The van der Waals surface area contributed by atoms with Gasteiger partial charge in [-0.3, -0.25) is 0 Å². The van der Waals surface area contributed by atoms with Crippen molar-refractivity contribution in [2.24, 2.45) is 0 Å². The average molecular weight is 536 g/mol. The SMILES string of the molecule is CO[Si](CCCOC(=O)c1ccc(I)c(I)c1)(OC)OC. The molecule has 21 heavy (non-hydrogen) atoms. The molecule has 0 aromatic heterocycles. The first-order valence-corrected chi connectivity index (χ1v) is 10.3. The molecule has 0 spiro atoms. The standard InChI is InChI=1S/C13H18I2O5Si/c1-17-21(18-2,19-3)8-4-7-20-13(16)10-5-6-11(14)12(15)9-10/h5-6,9H,4,7-8H2,1-3H3. The lowest BCUT2D eigenvalue weighted by atomic mass is 10.2. The minimum absolute atomic E-state index is 0.312. The largest absolute Gasteiger partial charge is 0.500 e. The van der Waals surface area contributed by atoms with E-state index < -0.39 is 8.80 Å². The predicted molar refractivity (Wildman–Crippen MR) is 98.4 cm³/mol. The molecule has 8 heteroatoms. The third kappa shape index (κ3) is 5.75. The highest BCUT2D eigenvalue weighted by molar-refractivity contribution is 14.1. The van der Waals surface area contributed by atoms with Crippen LogP contribution in [0.25, 0.3) is 0 Å². The molecule has 5 nitrogen and oxygen atoms in total. The van der Waals surface area contributed by atoms with E-state index >= 15 is 0 Å². The summed E-state index contributed by atoms with van der Waals surface area (Å²) >= 11 is 4.42. The molecule has 0 aliphatic carbocycles. The summed E-state index contributed by atoms with van der Waals surface area (Å²) in [7, 11) is 2.13. The van der Waals surface area contributed by atoms with Gasteiger partial charge in [0.2, 0.25) is 0 Å². The van der Waals surface area contributed by atoms with Gasteiger partial charge < -0.3 is 18.0 Å². The first-order valence-electron chi connectivity index (χ1n) is 6.25. The maximum absolute atomic E-state index is 11.9. The number of carbonyl (C=O) groups excluding carboxylic acids is 1. The van der Waals surface area contributed by atoms with Gasteiger partial charge >= 0.3 is 14.8 Å². The zero-order valence-corrected chi connectivity index (χ0v) is 17.5. The second-order valence-electron chi connectivity index (χ2n) is 4.16. The molecule has 118 valence electrons. The average Bonchev–Trinajstić information content (AvgIpc) is 2.50. The van der Waals surface area contributed by atoms with Crippen LogP contribution >= 0.6 is 45.2 Å². The van der Waals surface area contributed by atoms with Crippen molar-refractivity contribution >= 4 is 60.0 Å². The first-order chi connectivity index (χ1) is 9.98. The van der Waals surface area contributed by atoms with Crippen LogP contribution in [0.15, 0.2) is 18.2 Å². The van der Waals surface area contributed by atoms with Crippen molar-refractivity contribution in [2.45, 2.75) is 12.5 Å². The van der Waals surface area contributed by atoms with Crippen molar-refractivity contribution in [1.29, 1.82) is 0 Å². The van der Waals surface area contributed by atoms with Gasteiger partial charge in [-0.15, -0.1) is 0 Å². The number of hydrogen-bond acceptors (Lipinski definition) is 5. The van der Waals surface area contributed by atoms with Crippen LogP contribution in [-0.4, -0.2) is 42.7 Å². The second kappa shape index (κ2) is 9.40. The molecule has 0 saturated heterocycles. The Hall–Kier alpha value is 0.247. The fourth-order valence-corrected chi connectivity index (χ4v) is 4.26. The molecular weight excluding hydrogens is 518 g/mol. The summed E-state index contributed by atoms with van der Waals surface area (Å²) in [5.74, 6) is -0.316. The van der Waals surface area contributed by atoms with Crippen molar-refractivity contribution < 1.29 is 22.8 Å². The zero-order valence-electron chi connectivity index (χ0n) is 12.2. The Balaban J connectivity index is 2.45. The molecule has 0 unspecified atom stereocenters. The number of esters is 1. The predicted octanol–water partition coefficient (Wildman–Crippen LogP) is 3.32. The van der Waals surface area contributed by atoms with E-state index in [-0.39, 0.29) is 5.97 Å².